The van der Waals surface area contributed by atoms with Crippen LogP contribution in [-0.4, -0.2) is 4.57 Å². The zero-order chi connectivity index (χ0) is 12.9. The zero-order valence-corrected chi connectivity index (χ0v) is 12.7. The molecule has 2 aromatic carbocycles. The molecule has 1 heterocycles. The maximum atomic E-state index is 12.5. The van der Waals surface area contributed by atoms with Gasteiger partial charge in [0.25, 0.3) is 0 Å². The molecular formula is C14H9Br2NO. The van der Waals surface area contributed by atoms with Crippen molar-refractivity contribution in [3.05, 3.63) is 55.6 Å². The van der Waals surface area contributed by atoms with Gasteiger partial charge in [-0.25, -0.2) is 0 Å². The number of aryl methyl sites for hydroxylation is 1. The van der Waals surface area contributed by atoms with E-state index in [4.69, 9.17) is 0 Å². The molecule has 1 aromatic heterocycles. The van der Waals surface area contributed by atoms with Crippen LogP contribution < -0.4 is 5.43 Å². The lowest BCUT2D eigenvalue weighted by Gasteiger charge is -2.10. The number of benzene rings is 2. The zero-order valence-electron chi connectivity index (χ0n) is 9.58. The Bertz CT molecular complexity index is 770. The average molecular weight is 367 g/mol. The molecule has 0 aliphatic carbocycles. The predicted molar refractivity (Wildman–Crippen MR) is 82.1 cm³/mol. The van der Waals surface area contributed by atoms with Gasteiger partial charge < -0.3 is 4.57 Å². The number of halogens is 2. The van der Waals surface area contributed by atoms with E-state index in [1.165, 1.54) is 0 Å². The molecule has 0 bridgehead atoms. The van der Waals surface area contributed by atoms with Crippen molar-refractivity contribution in [1.82, 2.24) is 4.57 Å². The summed E-state index contributed by atoms with van der Waals surface area (Å²) in [6.45, 7) is 0. The summed E-state index contributed by atoms with van der Waals surface area (Å²) >= 11 is 6.82. The Hall–Kier alpha value is -1.13. The first-order valence-corrected chi connectivity index (χ1v) is 7.04. The lowest BCUT2D eigenvalue weighted by Crippen LogP contribution is -2.09. The number of aromatic nitrogens is 1. The van der Waals surface area contributed by atoms with E-state index in [0.717, 1.165) is 30.8 Å². The molecule has 90 valence electrons. The van der Waals surface area contributed by atoms with Crippen molar-refractivity contribution in [3.8, 4) is 0 Å². The van der Waals surface area contributed by atoms with Crippen LogP contribution in [0.1, 0.15) is 0 Å². The molecule has 0 aliphatic rings. The summed E-state index contributed by atoms with van der Waals surface area (Å²) in [4.78, 5) is 12.5. The van der Waals surface area contributed by atoms with E-state index in [9.17, 15) is 4.79 Å². The van der Waals surface area contributed by atoms with Gasteiger partial charge in [-0.15, -0.1) is 0 Å². The molecule has 3 rings (SSSR count). The normalized spacial score (nSPS) is 11.3. The summed E-state index contributed by atoms with van der Waals surface area (Å²) in [7, 11) is 1.98. The van der Waals surface area contributed by atoms with Gasteiger partial charge in [0.05, 0.1) is 11.0 Å². The molecule has 0 amide bonds. The number of pyridine rings is 1. The van der Waals surface area contributed by atoms with Crippen LogP contribution in [0.4, 0.5) is 0 Å². The summed E-state index contributed by atoms with van der Waals surface area (Å²) in [5.41, 5.74) is 1.96. The smallest absolute Gasteiger partial charge is 0.197 e. The number of hydrogen-bond acceptors (Lipinski definition) is 1. The summed E-state index contributed by atoms with van der Waals surface area (Å²) in [5, 5.41) is 1.47. The first kappa shape index (κ1) is 11.9. The van der Waals surface area contributed by atoms with Gasteiger partial charge in [0.1, 0.15) is 0 Å². The first-order chi connectivity index (χ1) is 8.58. The van der Waals surface area contributed by atoms with Gasteiger partial charge in [0, 0.05) is 26.8 Å². The fraction of sp³-hybridized carbons (Fsp3) is 0.0714. The van der Waals surface area contributed by atoms with E-state index >= 15 is 0 Å². The number of fused-ring (bicyclic) bond motifs is 2. The fourth-order valence-corrected chi connectivity index (χ4v) is 2.96. The summed E-state index contributed by atoms with van der Waals surface area (Å²) in [5.74, 6) is 0. The van der Waals surface area contributed by atoms with Crippen molar-refractivity contribution in [2.45, 2.75) is 0 Å². The highest BCUT2D eigenvalue weighted by Crippen LogP contribution is 2.23. The summed E-state index contributed by atoms with van der Waals surface area (Å²) < 4.78 is 3.88. The molecule has 0 fully saturated rings. The van der Waals surface area contributed by atoms with Gasteiger partial charge in [-0.3, -0.25) is 4.79 Å². The van der Waals surface area contributed by atoms with Crippen LogP contribution in [0, 0.1) is 0 Å². The molecule has 18 heavy (non-hydrogen) atoms. The molecule has 0 spiro atoms. The molecule has 4 heteroatoms. The molecule has 0 atom stereocenters. The van der Waals surface area contributed by atoms with Crippen LogP contribution in [0.25, 0.3) is 21.8 Å². The monoisotopic (exact) mass is 365 g/mol. The van der Waals surface area contributed by atoms with E-state index in [1.54, 1.807) is 0 Å². The summed E-state index contributed by atoms with van der Waals surface area (Å²) in [6.07, 6.45) is 0. The lowest BCUT2D eigenvalue weighted by atomic mass is 10.1. The second-order valence-corrected chi connectivity index (χ2v) is 6.04. The Kier molecular flexibility index (Phi) is 2.79. The van der Waals surface area contributed by atoms with Gasteiger partial charge in [0.15, 0.2) is 5.43 Å². The van der Waals surface area contributed by atoms with Gasteiger partial charge in [-0.05, 0) is 36.4 Å². The minimum Gasteiger partial charge on any atom is -0.343 e. The Morgan fingerprint density at radius 1 is 0.889 bits per heavy atom. The van der Waals surface area contributed by atoms with Crippen LogP contribution in [0.2, 0.25) is 0 Å². The van der Waals surface area contributed by atoms with E-state index in [-0.39, 0.29) is 5.43 Å². The van der Waals surface area contributed by atoms with Crippen molar-refractivity contribution in [1.29, 1.82) is 0 Å². The Morgan fingerprint density at radius 2 is 1.33 bits per heavy atom. The number of rotatable bonds is 0. The third-order valence-corrected chi connectivity index (χ3v) is 4.12. The minimum atomic E-state index is 0.0701. The van der Waals surface area contributed by atoms with Crippen LogP contribution in [0.3, 0.4) is 0 Å². The molecule has 0 saturated heterocycles. The van der Waals surface area contributed by atoms with Crippen LogP contribution in [0.5, 0.6) is 0 Å². The van der Waals surface area contributed by atoms with Crippen LogP contribution in [-0.2, 0) is 7.05 Å². The van der Waals surface area contributed by atoms with Crippen LogP contribution in [0.15, 0.2) is 50.1 Å². The SMILES string of the molecule is Cn1c2ccc(Br)cc2c(=O)c2cc(Br)ccc21. The molecule has 0 unspecified atom stereocenters. The molecule has 3 aromatic rings. The van der Waals surface area contributed by atoms with Crippen LogP contribution >= 0.6 is 31.9 Å². The molecule has 2 nitrogen and oxygen atoms in total. The first-order valence-electron chi connectivity index (χ1n) is 5.45. The molecule has 0 aliphatic heterocycles. The highest BCUT2D eigenvalue weighted by molar-refractivity contribution is 9.10. The highest BCUT2D eigenvalue weighted by Gasteiger charge is 2.09. The van der Waals surface area contributed by atoms with Crippen molar-refractivity contribution in [2.24, 2.45) is 7.05 Å². The summed E-state index contributed by atoms with van der Waals surface area (Å²) in [6, 6.07) is 11.6. The lowest BCUT2D eigenvalue weighted by molar-refractivity contribution is 1.00. The third kappa shape index (κ3) is 1.71. The van der Waals surface area contributed by atoms with Crippen molar-refractivity contribution < 1.29 is 0 Å². The van der Waals surface area contributed by atoms with Gasteiger partial charge in [-0.1, -0.05) is 31.9 Å². The largest absolute Gasteiger partial charge is 0.343 e. The molecular weight excluding hydrogens is 358 g/mol. The van der Waals surface area contributed by atoms with Crippen molar-refractivity contribution in [3.63, 3.8) is 0 Å². The minimum absolute atomic E-state index is 0.0701. The van der Waals surface area contributed by atoms with E-state index in [1.807, 2.05) is 48.0 Å². The third-order valence-electron chi connectivity index (χ3n) is 3.13. The quantitative estimate of drug-likeness (QED) is 0.546. The maximum absolute atomic E-state index is 12.5. The van der Waals surface area contributed by atoms with E-state index in [0.29, 0.717) is 0 Å². The number of hydrogen-bond donors (Lipinski definition) is 0. The van der Waals surface area contributed by atoms with Crippen molar-refractivity contribution in [2.75, 3.05) is 0 Å². The van der Waals surface area contributed by atoms with Gasteiger partial charge in [0.2, 0.25) is 0 Å². The second-order valence-electron chi connectivity index (χ2n) is 4.21. The Labute approximate surface area is 120 Å². The molecule has 0 saturated carbocycles. The van der Waals surface area contributed by atoms with E-state index in [2.05, 4.69) is 31.9 Å². The maximum Gasteiger partial charge on any atom is 0.197 e. The van der Waals surface area contributed by atoms with Gasteiger partial charge >= 0.3 is 0 Å². The second kappa shape index (κ2) is 4.21. The van der Waals surface area contributed by atoms with Crippen molar-refractivity contribution >= 4 is 53.7 Å². The average Bonchev–Trinajstić information content (AvgIpc) is 2.35. The fourth-order valence-electron chi connectivity index (χ4n) is 2.24. The number of nitrogens with zero attached hydrogens (tertiary/aromatic N) is 1. The predicted octanol–water partition coefficient (Wildman–Crippen LogP) is 4.22. The Morgan fingerprint density at radius 3 is 1.78 bits per heavy atom. The topological polar surface area (TPSA) is 22.0 Å². The highest BCUT2D eigenvalue weighted by atomic mass is 79.9. The molecule has 0 radical (unpaired) electrons. The van der Waals surface area contributed by atoms with Gasteiger partial charge in [-0.2, -0.15) is 0 Å². The van der Waals surface area contributed by atoms with E-state index < -0.39 is 0 Å². The molecule has 0 N–H and O–H groups in total. The standard InChI is InChI=1S/C14H9Br2NO/c1-17-12-4-2-8(15)6-10(12)14(18)11-7-9(16)3-5-13(11)17/h2-7H,1H3. The Balaban J connectivity index is 2.65.